The van der Waals surface area contributed by atoms with Gasteiger partial charge in [0, 0.05) is 28.2 Å². The lowest BCUT2D eigenvalue weighted by Crippen LogP contribution is -2.41. The molecule has 3 aromatic rings. The Morgan fingerprint density at radius 3 is 2.26 bits per heavy atom. The zero-order valence-corrected chi connectivity index (χ0v) is 17.1. The first-order valence-corrected chi connectivity index (χ1v) is 9.60. The summed E-state index contributed by atoms with van der Waals surface area (Å²) in [7, 11) is 2.12. The number of pyridine rings is 1. The van der Waals surface area contributed by atoms with Gasteiger partial charge in [-0.15, -0.1) is 0 Å². The quantitative estimate of drug-likeness (QED) is 0.543. The molecule has 0 unspecified atom stereocenters. The van der Waals surface area contributed by atoms with Crippen LogP contribution in [0, 0.1) is 6.92 Å². The Balaban J connectivity index is 1.77. The van der Waals surface area contributed by atoms with Crippen LogP contribution in [0.5, 0.6) is 5.75 Å². The molecule has 0 saturated heterocycles. The number of rotatable bonds is 2. The molecule has 0 fully saturated rings. The molecule has 0 aliphatic carbocycles. The lowest BCUT2D eigenvalue weighted by atomic mass is 9.73. The van der Waals surface area contributed by atoms with Crippen LogP contribution in [0.15, 0.2) is 60.8 Å². The van der Waals surface area contributed by atoms with Crippen molar-refractivity contribution in [3.05, 3.63) is 71.9 Å². The van der Waals surface area contributed by atoms with Crippen LogP contribution >= 0.6 is 0 Å². The standard InChI is InChI=1S/C25H28NO/c1-17-9-7-8-10-20(17)22-13-11-19(16-26(22)6)18-12-14-23-21(15-18)24(2,3)25(4,5)27-23/h7-16H,1-6H3/q+1. The van der Waals surface area contributed by atoms with E-state index in [4.69, 9.17) is 4.74 Å². The molecular formula is C25H28NO+. The van der Waals surface area contributed by atoms with Crippen LogP contribution in [-0.2, 0) is 12.5 Å². The highest BCUT2D eigenvalue weighted by Gasteiger charge is 2.47. The largest absolute Gasteiger partial charge is 0.487 e. The molecule has 0 atom stereocenters. The zero-order chi connectivity index (χ0) is 19.4. The highest BCUT2D eigenvalue weighted by molar-refractivity contribution is 5.68. The Kier molecular flexibility index (Phi) is 3.92. The van der Waals surface area contributed by atoms with Gasteiger partial charge in [0.2, 0.25) is 5.69 Å². The van der Waals surface area contributed by atoms with Crippen molar-refractivity contribution in [3.8, 4) is 28.1 Å². The number of nitrogens with zero attached hydrogens (tertiary/aromatic N) is 1. The fourth-order valence-corrected chi connectivity index (χ4v) is 3.93. The summed E-state index contributed by atoms with van der Waals surface area (Å²) in [6.07, 6.45) is 2.22. The van der Waals surface area contributed by atoms with E-state index in [9.17, 15) is 0 Å². The highest BCUT2D eigenvalue weighted by atomic mass is 16.5. The summed E-state index contributed by atoms with van der Waals surface area (Å²) in [5.74, 6) is 1.01. The minimum absolute atomic E-state index is 0.0262. The van der Waals surface area contributed by atoms with E-state index in [0.717, 1.165) is 5.75 Å². The van der Waals surface area contributed by atoms with E-state index in [2.05, 4.69) is 107 Å². The summed E-state index contributed by atoms with van der Waals surface area (Å²) in [5.41, 5.74) is 7.30. The van der Waals surface area contributed by atoms with Crippen molar-refractivity contribution in [2.75, 3.05) is 0 Å². The monoisotopic (exact) mass is 358 g/mol. The predicted octanol–water partition coefficient (Wildman–Crippen LogP) is 5.60. The number of aromatic nitrogens is 1. The summed E-state index contributed by atoms with van der Waals surface area (Å²) in [5, 5.41) is 0. The first-order valence-electron chi connectivity index (χ1n) is 9.60. The Morgan fingerprint density at radius 2 is 1.56 bits per heavy atom. The second-order valence-corrected chi connectivity index (χ2v) is 8.68. The molecule has 0 spiro atoms. The first kappa shape index (κ1) is 17.8. The molecule has 0 saturated carbocycles. The van der Waals surface area contributed by atoms with Crippen molar-refractivity contribution in [2.45, 2.75) is 45.6 Å². The van der Waals surface area contributed by atoms with Crippen molar-refractivity contribution in [3.63, 3.8) is 0 Å². The first-order chi connectivity index (χ1) is 12.7. The highest BCUT2D eigenvalue weighted by Crippen LogP contribution is 2.49. The average molecular weight is 359 g/mol. The van der Waals surface area contributed by atoms with Gasteiger partial charge in [-0.3, -0.25) is 0 Å². The molecule has 0 N–H and O–H groups in total. The topological polar surface area (TPSA) is 13.1 Å². The Labute approximate surface area is 162 Å². The summed E-state index contributed by atoms with van der Waals surface area (Å²) in [4.78, 5) is 0. The summed E-state index contributed by atoms with van der Waals surface area (Å²) < 4.78 is 8.43. The predicted molar refractivity (Wildman–Crippen MR) is 111 cm³/mol. The van der Waals surface area contributed by atoms with E-state index in [-0.39, 0.29) is 11.0 Å². The van der Waals surface area contributed by atoms with Crippen LogP contribution < -0.4 is 9.30 Å². The van der Waals surface area contributed by atoms with E-state index < -0.39 is 0 Å². The molecule has 1 aliphatic heterocycles. The maximum atomic E-state index is 6.21. The van der Waals surface area contributed by atoms with E-state index in [0.29, 0.717) is 0 Å². The molecule has 2 aromatic carbocycles. The fraction of sp³-hybridized carbons (Fsp3) is 0.320. The van der Waals surface area contributed by atoms with Crippen LogP contribution in [0.2, 0.25) is 0 Å². The molecular weight excluding hydrogens is 330 g/mol. The molecule has 2 nitrogen and oxygen atoms in total. The number of fused-ring (bicyclic) bond motifs is 1. The number of aryl methyl sites for hydroxylation is 2. The molecule has 2 heteroatoms. The molecule has 2 heterocycles. The third-order valence-corrected chi connectivity index (χ3v) is 6.41. The maximum Gasteiger partial charge on any atom is 0.212 e. The van der Waals surface area contributed by atoms with E-state index in [1.165, 1.54) is 33.5 Å². The van der Waals surface area contributed by atoms with Crippen molar-refractivity contribution in [2.24, 2.45) is 7.05 Å². The molecule has 4 rings (SSSR count). The van der Waals surface area contributed by atoms with Gasteiger partial charge in [0.15, 0.2) is 6.20 Å². The van der Waals surface area contributed by atoms with Crippen LogP contribution in [0.25, 0.3) is 22.4 Å². The van der Waals surface area contributed by atoms with Gasteiger partial charge in [-0.05, 0) is 56.2 Å². The number of hydrogen-bond acceptors (Lipinski definition) is 1. The van der Waals surface area contributed by atoms with Crippen molar-refractivity contribution < 1.29 is 9.30 Å². The van der Waals surface area contributed by atoms with Gasteiger partial charge in [0.1, 0.15) is 18.4 Å². The Hall–Kier alpha value is -2.61. The molecule has 138 valence electrons. The van der Waals surface area contributed by atoms with Crippen LogP contribution in [0.3, 0.4) is 0 Å². The van der Waals surface area contributed by atoms with Gasteiger partial charge in [0.05, 0.1) is 0 Å². The Morgan fingerprint density at radius 1 is 0.852 bits per heavy atom. The molecule has 27 heavy (non-hydrogen) atoms. The molecule has 1 aromatic heterocycles. The van der Waals surface area contributed by atoms with Gasteiger partial charge >= 0.3 is 0 Å². The molecule has 0 bridgehead atoms. The van der Waals surface area contributed by atoms with Crippen molar-refractivity contribution in [1.82, 2.24) is 0 Å². The van der Waals surface area contributed by atoms with Gasteiger partial charge in [0.25, 0.3) is 0 Å². The van der Waals surface area contributed by atoms with E-state index >= 15 is 0 Å². The number of hydrogen-bond donors (Lipinski definition) is 0. The number of ether oxygens (including phenoxy) is 1. The summed E-state index contributed by atoms with van der Waals surface area (Å²) in [6, 6.07) is 19.6. The Bertz CT molecular complexity index is 1030. The van der Waals surface area contributed by atoms with Gasteiger partial charge in [-0.2, -0.15) is 0 Å². The molecule has 0 amide bonds. The lowest BCUT2D eigenvalue weighted by Gasteiger charge is -2.33. The van der Waals surface area contributed by atoms with Gasteiger partial charge < -0.3 is 4.74 Å². The minimum Gasteiger partial charge on any atom is -0.487 e. The second kappa shape index (κ2) is 5.95. The van der Waals surface area contributed by atoms with Crippen LogP contribution in [-0.4, -0.2) is 5.60 Å². The molecule has 1 aliphatic rings. The average Bonchev–Trinajstić information content (AvgIpc) is 2.80. The zero-order valence-electron chi connectivity index (χ0n) is 17.1. The summed E-state index contributed by atoms with van der Waals surface area (Å²) >= 11 is 0. The van der Waals surface area contributed by atoms with Crippen molar-refractivity contribution in [1.29, 1.82) is 0 Å². The number of benzene rings is 2. The SMILES string of the molecule is Cc1ccccc1-c1ccc(-c2ccc3c(c2)C(C)(C)C(C)(C)O3)c[n+]1C. The minimum atomic E-state index is -0.201. The summed E-state index contributed by atoms with van der Waals surface area (Å²) in [6.45, 7) is 11.0. The second-order valence-electron chi connectivity index (χ2n) is 8.68. The van der Waals surface area contributed by atoms with E-state index in [1.807, 2.05) is 0 Å². The van der Waals surface area contributed by atoms with Crippen molar-refractivity contribution >= 4 is 0 Å². The third kappa shape index (κ3) is 2.75. The lowest BCUT2D eigenvalue weighted by molar-refractivity contribution is -0.659. The molecule has 0 radical (unpaired) electrons. The van der Waals surface area contributed by atoms with E-state index in [1.54, 1.807) is 0 Å². The fourth-order valence-electron chi connectivity index (χ4n) is 3.93. The third-order valence-electron chi connectivity index (χ3n) is 6.41. The van der Waals surface area contributed by atoms with Crippen LogP contribution in [0.1, 0.15) is 38.8 Å². The smallest absolute Gasteiger partial charge is 0.212 e. The maximum absolute atomic E-state index is 6.21. The van der Waals surface area contributed by atoms with Gasteiger partial charge in [-0.1, -0.05) is 38.1 Å². The van der Waals surface area contributed by atoms with Crippen LogP contribution in [0.4, 0.5) is 0 Å². The van der Waals surface area contributed by atoms with Gasteiger partial charge in [-0.25, -0.2) is 4.57 Å². The normalized spacial score (nSPS) is 16.7.